The molecule has 3 aliphatic rings. The van der Waals surface area contributed by atoms with E-state index >= 15 is 0 Å². The summed E-state index contributed by atoms with van der Waals surface area (Å²) in [7, 11) is 0. The van der Waals surface area contributed by atoms with Gasteiger partial charge in [-0.3, -0.25) is 4.79 Å². The number of rotatable bonds is 34. The molecule has 12 N–H and O–H groups in total. The molecule has 17 unspecified atom stereocenters. The van der Waals surface area contributed by atoms with E-state index in [2.05, 4.69) is 19.2 Å². The topological polar surface area (TPSA) is 307 Å². The number of amides is 1. The first-order chi connectivity index (χ1) is 31.8. The molecule has 3 fully saturated rings. The third-order valence-corrected chi connectivity index (χ3v) is 12.8. The van der Waals surface area contributed by atoms with Gasteiger partial charge in [0, 0.05) is 6.42 Å². The molecule has 17 atom stereocenters. The number of hydrogen-bond acceptors (Lipinski definition) is 18. The lowest BCUT2D eigenvalue weighted by atomic mass is 9.96. The van der Waals surface area contributed by atoms with Gasteiger partial charge in [-0.15, -0.1) is 0 Å². The lowest BCUT2D eigenvalue weighted by Gasteiger charge is -2.48. The minimum absolute atomic E-state index is 0.244. The van der Waals surface area contributed by atoms with Crippen LogP contribution in [-0.4, -0.2) is 193 Å². The number of nitrogens with one attached hydrogen (secondary N) is 1. The largest absolute Gasteiger partial charge is 0.394 e. The van der Waals surface area contributed by atoms with Crippen LogP contribution in [0.2, 0.25) is 0 Å². The van der Waals surface area contributed by atoms with Gasteiger partial charge in [0.15, 0.2) is 18.9 Å². The quantitative estimate of drug-likeness (QED) is 0.0317. The minimum Gasteiger partial charge on any atom is -0.394 e. The van der Waals surface area contributed by atoms with Crippen molar-refractivity contribution in [1.82, 2.24) is 5.32 Å². The van der Waals surface area contributed by atoms with Gasteiger partial charge in [-0.05, 0) is 19.3 Å². The van der Waals surface area contributed by atoms with Crippen LogP contribution in [0.15, 0.2) is 12.2 Å². The third-order valence-electron chi connectivity index (χ3n) is 12.8. The Balaban J connectivity index is 1.57. The Labute approximate surface area is 391 Å². The van der Waals surface area contributed by atoms with E-state index in [1.165, 1.54) is 64.2 Å². The molecule has 0 radical (unpaired) electrons. The Bertz CT molecular complexity index is 1280. The fraction of sp³-hybridized carbons (Fsp3) is 0.936. The van der Waals surface area contributed by atoms with Gasteiger partial charge < -0.3 is 89.9 Å². The molecule has 0 saturated carbocycles. The number of carbonyl (C=O) groups is 1. The molecule has 66 heavy (non-hydrogen) atoms. The standard InChI is InChI=1S/C47H87NO18/c1-3-5-7-9-11-12-13-14-15-16-17-19-20-22-24-31(52)30(48-35(53)25-23-21-18-10-8-6-4-2)29-61-45-41(59)38(56)43(33(27-50)63-45)66-47-42(60)39(57)44(34(28-51)64-47)65-46-40(58)37(55)36(54)32(26-49)62-46/h22,24,30-34,36-47,49-52,54-60H,3-21,23,25-29H2,1-2H3,(H,48,53)/b24-22+. The smallest absolute Gasteiger partial charge is 0.220 e. The van der Waals surface area contributed by atoms with Crippen molar-refractivity contribution in [2.24, 2.45) is 0 Å². The number of aliphatic hydroxyl groups excluding tert-OH is 11. The molecule has 3 aliphatic heterocycles. The van der Waals surface area contributed by atoms with E-state index < -0.39 is 124 Å². The van der Waals surface area contributed by atoms with E-state index in [0.717, 1.165) is 57.8 Å². The van der Waals surface area contributed by atoms with Crippen molar-refractivity contribution >= 4 is 5.91 Å². The van der Waals surface area contributed by atoms with Gasteiger partial charge in [-0.2, -0.15) is 0 Å². The Hall–Kier alpha value is -1.47. The molecule has 3 saturated heterocycles. The van der Waals surface area contributed by atoms with E-state index in [9.17, 15) is 61.0 Å². The normalized spacial score (nSPS) is 33.9. The Morgan fingerprint density at radius 1 is 0.530 bits per heavy atom. The van der Waals surface area contributed by atoms with Crippen LogP contribution in [0.1, 0.15) is 149 Å². The van der Waals surface area contributed by atoms with E-state index in [1.807, 2.05) is 6.08 Å². The highest BCUT2D eigenvalue weighted by Crippen LogP contribution is 2.33. The summed E-state index contributed by atoms with van der Waals surface area (Å²) in [5, 5.41) is 119. The molecule has 388 valence electrons. The predicted octanol–water partition coefficient (Wildman–Crippen LogP) is 1.09. The molecule has 1 amide bonds. The van der Waals surface area contributed by atoms with Crippen molar-refractivity contribution in [2.45, 2.75) is 253 Å². The lowest BCUT2D eigenvalue weighted by Crippen LogP contribution is -2.66. The Morgan fingerprint density at radius 3 is 1.42 bits per heavy atom. The molecule has 19 nitrogen and oxygen atoms in total. The lowest BCUT2D eigenvalue weighted by molar-refractivity contribution is -0.379. The van der Waals surface area contributed by atoms with Gasteiger partial charge in [-0.25, -0.2) is 0 Å². The van der Waals surface area contributed by atoms with Crippen LogP contribution in [0.25, 0.3) is 0 Å². The highest BCUT2D eigenvalue weighted by atomic mass is 16.8. The van der Waals surface area contributed by atoms with Crippen molar-refractivity contribution in [3.63, 3.8) is 0 Å². The number of aliphatic hydroxyl groups is 11. The van der Waals surface area contributed by atoms with Crippen LogP contribution >= 0.6 is 0 Å². The summed E-state index contributed by atoms with van der Waals surface area (Å²) in [5.74, 6) is -0.285. The van der Waals surface area contributed by atoms with Gasteiger partial charge in [-0.1, -0.05) is 135 Å². The predicted molar refractivity (Wildman–Crippen MR) is 240 cm³/mol. The van der Waals surface area contributed by atoms with E-state index in [1.54, 1.807) is 6.08 Å². The van der Waals surface area contributed by atoms with E-state index in [0.29, 0.717) is 6.42 Å². The van der Waals surface area contributed by atoms with Gasteiger partial charge in [0.05, 0.1) is 38.6 Å². The fourth-order valence-electron chi connectivity index (χ4n) is 8.60. The second kappa shape index (κ2) is 33.2. The molecular weight excluding hydrogens is 867 g/mol. The summed E-state index contributed by atoms with van der Waals surface area (Å²) in [4.78, 5) is 13.1. The first-order valence-corrected chi connectivity index (χ1v) is 24.9. The van der Waals surface area contributed by atoms with Crippen LogP contribution in [0, 0.1) is 0 Å². The summed E-state index contributed by atoms with van der Waals surface area (Å²) < 4.78 is 34.0. The first kappa shape index (κ1) is 58.8. The maximum atomic E-state index is 13.1. The second-order valence-electron chi connectivity index (χ2n) is 18.3. The number of allylic oxidation sites excluding steroid dienone is 1. The zero-order chi connectivity index (χ0) is 48.4. The van der Waals surface area contributed by atoms with Crippen LogP contribution in [-0.2, 0) is 33.2 Å². The van der Waals surface area contributed by atoms with Gasteiger partial charge in [0.1, 0.15) is 73.2 Å². The highest BCUT2D eigenvalue weighted by Gasteiger charge is 2.53. The average Bonchev–Trinajstić information content (AvgIpc) is 3.31. The average molecular weight is 954 g/mol. The molecule has 0 aromatic heterocycles. The number of carbonyl (C=O) groups excluding carboxylic acids is 1. The summed E-state index contributed by atoms with van der Waals surface area (Å²) in [5.41, 5.74) is 0. The molecule has 0 aliphatic carbocycles. The second-order valence-corrected chi connectivity index (χ2v) is 18.3. The third kappa shape index (κ3) is 19.4. The van der Waals surface area contributed by atoms with Crippen molar-refractivity contribution in [3.05, 3.63) is 12.2 Å². The van der Waals surface area contributed by atoms with Crippen molar-refractivity contribution in [2.75, 3.05) is 26.4 Å². The van der Waals surface area contributed by atoms with Gasteiger partial charge >= 0.3 is 0 Å². The number of ether oxygens (including phenoxy) is 6. The van der Waals surface area contributed by atoms with Crippen LogP contribution < -0.4 is 5.32 Å². The first-order valence-electron chi connectivity index (χ1n) is 24.9. The fourth-order valence-corrected chi connectivity index (χ4v) is 8.60. The molecule has 0 bridgehead atoms. The summed E-state index contributed by atoms with van der Waals surface area (Å²) in [6, 6.07) is -0.962. The van der Waals surface area contributed by atoms with E-state index in [-0.39, 0.29) is 18.9 Å². The molecule has 3 rings (SSSR count). The van der Waals surface area contributed by atoms with Crippen molar-refractivity contribution in [1.29, 1.82) is 0 Å². The van der Waals surface area contributed by atoms with Gasteiger partial charge in [0.2, 0.25) is 5.91 Å². The minimum atomic E-state index is -1.97. The van der Waals surface area contributed by atoms with Crippen molar-refractivity contribution in [3.8, 4) is 0 Å². The molecule has 3 heterocycles. The molecule has 0 spiro atoms. The molecule has 0 aromatic carbocycles. The SMILES string of the molecule is CCCCCCCCCCCCCC/C=C/C(O)C(COC1OC(CO)C(OC2OC(CO)C(OC3OC(CO)C(O)C(O)C3O)C(O)C2O)C(O)C1O)NC(=O)CCCCCCCCC. The summed E-state index contributed by atoms with van der Waals surface area (Å²) in [6.45, 7) is 1.62. The Morgan fingerprint density at radius 2 is 0.939 bits per heavy atom. The summed E-state index contributed by atoms with van der Waals surface area (Å²) >= 11 is 0. The number of unbranched alkanes of at least 4 members (excludes halogenated alkanes) is 18. The monoisotopic (exact) mass is 954 g/mol. The van der Waals surface area contributed by atoms with Crippen molar-refractivity contribution < 1.29 is 89.4 Å². The molecular formula is C47H87NO18. The zero-order valence-corrected chi connectivity index (χ0v) is 39.4. The molecule has 19 heteroatoms. The van der Waals surface area contributed by atoms with Gasteiger partial charge in [0.25, 0.3) is 0 Å². The number of hydrogen-bond donors (Lipinski definition) is 12. The maximum absolute atomic E-state index is 13.1. The zero-order valence-electron chi connectivity index (χ0n) is 39.4. The Kier molecular flexibility index (Phi) is 29.6. The molecule has 0 aromatic rings. The maximum Gasteiger partial charge on any atom is 0.220 e. The van der Waals surface area contributed by atoms with Crippen LogP contribution in [0.4, 0.5) is 0 Å². The summed E-state index contributed by atoms with van der Waals surface area (Å²) in [6.07, 6.45) is -0.353. The van der Waals surface area contributed by atoms with E-state index in [4.69, 9.17) is 28.4 Å². The van der Waals surface area contributed by atoms with Crippen LogP contribution in [0.5, 0.6) is 0 Å². The van der Waals surface area contributed by atoms with Crippen LogP contribution in [0.3, 0.4) is 0 Å². The highest BCUT2D eigenvalue weighted by molar-refractivity contribution is 5.76.